The number of phenolic OH excluding ortho intramolecular Hbond substituents is 2. The summed E-state index contributed by atoms with van der Waals surface area (Å²) < 4.78 is 0. The van der Waals surface area contributed by atoms with E-state index in [-0.39, 0.29) is 11.5 Å². The molecule has 0 spiro atoms. The largest absolute Gasteiger partial charge is 0.504 e. The van der Waals surface area contributed by atoms with Crippen molar-refractivity contribution in [2.45, 2.75) is 51.9 Å². The molecule has 1 aromatic rings. The molecular weight excluding hydrogens is 200 g/mol. The lowest BCUT2D eigenvalue weighted by molar-refractivity contribution is 0.398. The first-order valence-electron chi connectivity index (χ1n) is 6.25. The summed E-state index contributed by atoms with van der Waals surface area (Å²) in [6.07, 6.45) is 8.31. The van der Waals surface area contributed by atoms with Crippen molar-refractivity contribution in [1.82, 2.24) is 0 Å². The number of para-hydroxylation sites is 1. The highest BCUT2D eigenvalue weighted by atomic mass is 16.3. The summed E-state index contributed by atoms with van der Waals surface area (Å²) >= 11 is 0. The zero-order chi connectivity index (χ0) is 11.8. The first-order chi connectivity index (χ1) is 7.75. The lowest BCUT2D eigenvalue weighted by Crippen LogP contribution is -1.87. The van der Waals surface area contributed by atoms with Gasteiger partial charge >= 0.3 is 0 Å². The van der Waals surface area contributed by atoms with Crippen LogP contribution in [0.3, 0.4) is 0 Å². The van der Waals surface area contributed by atoms with Gasteiger partial charge in [0.15, 0.2) is 11.5 Å². The van der Waals surface area contributed by atoms with Gasteiger partial charge in [0.05, 0.1) is 0 Å². The fourth-order valence-electron chi connectivity index (χ4n) is 1.88. The van der Waals surface area contributed by atoms with Gasteiger partial charge in [0, 0.05) is 0 Å². The Morgan fingerprint density at radius 2 is 1.62 bits per heavy atom. The summed E-state index contributed by atoms with van der Waals surface area (Å²) in [5.74, 6) is 0.0412. The normalized spacial score (nSPS) is 10.6. The molecule has 0 aliphatic rings. The van der Waals surface area contributed by atoms with Crippen molar-refractivity contribution < 1.29 is 10.2 Å². The summed E-state index contributed by atoms with van der Waals surface area (Å²) in [5.41, 5.74) is 0.857. The smallest absolute Gasteiger partial charge is 0.160 e. The van der Waals surface area contributed by atoms with Crippen LogP contribution in [0.4, 0.5) is 0 Å². The van der Waals surface area contributed by atoms with E-state index in [1.807, 2.05) is 6.07 Å². The highest BCUT2D eigenvalue weighted by Crippen LogP contribution is 2.29. The molecule has 0 aliphatic heterocycles. The number of phenols is 2. The minimum absolute atomic E-state index is 0.0107. The number of benzene rings is 1. The topological polar surface area (TPSA) is 40.5 Å². The van der Waals surface area contributed by atoms with Crippen LogP contribution in [0.5, 0.6) is 11.5 Å². The molecule has 2 nitrogen and oxygen atoms in total. The van der Waals surface area contributed by atoms with Gasteiger partial charge in [-0.25, -0.2) is 0 Å². The van der Waals surface area contributed by atoms with E-state index in [2.05, 4.69) is 6.92 Å². The van der Waals surface area contributed by atoms with Crippen molar-refractivity contribution in [3.8, 4) is 11.5 Å². The molecule has 0 bridgehead atoms. The Balaban J connectivity index is 2.24. The Bertz CT molecular complexity index is 308. The second-order valence-electron chi connectivity index (χ2n) is 4.30. The van der Waals surface area contributed by atoms with Crippen molar-refractivity contribution in [3.63, 3.8) is 0 Å². The monoisotopic (exact) mass is 222 g/mol. The van der Waals surface area contributed by atoms with Crippen LogP contribution in [-0.2, 0) is 6.42 Å². The van der Waals surface area contributed by atoms with Crippen LogP contribution in [0.1, 0.15) is 51.0 Å². The SMILES string of the molecule is CCCCCCCCc1cccc(O)c1O. The Morgan fingerprint density at radius 3 is 2.38 bits per heavy atom. The van der Waals surface area contributed by atoms with Gasteiger partial charge in [-0.2, -0.15) is 0 Å². The summed E-state index contributed by atoms with van der Waals surface area (Å²) in [4.78, 5) is 0. The van der Waals surface area contributed by atoms with Crippen LogP contribution < -0.4 is 0 Å². The number of rotatable bonds is 7. The summed E-state index contributed by atoms with van der Waals surface area (Å²) in [7, 11) is 0. The van der Waals surface area contributed by atoms with E-state index >= 15 is 0 Å². The Labute approximate surface area is 97.9 Å². The van der Waals surface area contributed by atoms with Crippen molar-refractivity contribution in [1.29, 1.82) is 0 Å². The zero-order valence-corrected chi connectivity index (χ0v) is 10.1. The van der Waals surface area contributed by atoms with Crippen LogP contribution in [-0.4, -0.2) is 10.2 Å². The Hall–Kier alpha value is -1.18. The molecule has 0 saturated carbocycles. The maximum absolute atomic E-state index is 9.59. The van der Waals surface area contributed by atoms with E-state index in [0.29, 0.717) is 0 Å². The van der Waals surface area contributed by atoms with Crippen LogP contribution in [0.2, 0.25) is 0 Å². The van der Waals surface area contributed by atoms with E-state index in [4.69, 9.17) is 0 Å². The highest BCUT2D eigenvalue weighted by molar-refractivity contribution is 5.44. The molecule has 0 fully saturated rings. The fraction of sp³-hybridized carbons (Fsp3) is 0.571. The van der Waals surface area contributed by atoms with E-state index in [9.17, 15) is 10.2 Å². The van der Waals surface area contributed by atoms with Gasteiger partial charge in [-0.15, -0.1) is 0 Å². The summed E-state index contributed by atoms with van der Waals surface area (Å²) in [6, 6.07) is 5.17. The van der Waals surface area contributed by atoms with E-state index in [1.54, 1.807) is 6.07 Å². The molecule has 0 atom stereocenters. The number of unbranched alkanes of at least 4 members (excludes halogenated alkanes) is 5. The highest BCUT2D eigenvalue weighted by Gasteiger charge is 2.04. The zero-order valence-electron chi connectivity index (χ0n) is 10.1. The van der Waals surface area contributed by atoms with E-state index in [0.717, 1.165) is 18.4 Å². The minimum Gasteiger partial charge on any atom is -0.504 e. The predicted molar refractivity (Wildman–Crippen MR) is 66.9 cm³/mol. The first-order valence-corrected chi connectivity index (χ1v) is 6.25. The van der Waals surface area contributed by atoms with Crippen molar-refractivity contribution in [2.24, 2.45) is 0 Å². The number of aryl methyl sites for hydroxylation is 1. The van der Waals surface area contributed by atoms with E-state index < -0.39 is 0 Å². The quantitative estimate of drug-likeness (QED) is 0.540. The standard InChI is InChI=1S/C14H22O2/c1-2-3-4-5-6-7-9-12-10-8-11-13(15)14(12)16/h8,10-11,15-16H,2-7,9H2,1H3. The summed E-state index contributed by atoms with van der Waals surface area (Å²) in [6.45, 7) is 2.21. The van der Waals surface area contributed by atoms with Crippen LogP contribution >= 0.6 is 0 Å². The maximum Gasteiger partial charge on any atom is 0.160 e. The Morgan fingerprint density at radius 1 is 0.938 bits per heavy atom. The van der Waals surface area contributed by atoms with Gasteiger partial charge in [0.1, 0.15) is 0 Å². The average molecular weight is 222 g/mol. The van der Waals surface area contributed by atoms with Crippen LogP contribution in [0.15, 0.2) is 18.2 Å². The molecule has 1 aromatic carbocycles. The van der Waals surface area contributed by atoms with Crippen LogP contribution in [0.25, 0.3) is 0 Å². The number of hydrogen-bond acceptors (Lipinski definition) is 2. The van der Waals surface area contributed by atoms with Gasteiger partial charge in [0.2, 0.25) is 0 Å². The molecule has 2 N–H and O–H groups in total. The average Bonchev–Trinajstić information content (AvgIpc) is 2.29. The molecule has 0 aliphatic carbocycles. The lowest BCUT2D eigenvalue weighted by atomic mass is 10.0. The third kappa shape index (κ3) is 4.13. The Kier molecular flexibility index (Phi) is 5.76. The van der Waals surface area contributed by atoms with Crippen molar-refractivity contribution in [2.75, 3.05) is 0 Å². The molecule has 0 amide bonds. The van der Waals surface area contributed by atoms with Gasteiger partial charge in [-0.3, -0.25) is 0 Å². The molecular formula is C14H22O2. The molecule has 16 heavy (non-hydrogen) atoms. The molecule has 1 rings (SSSR count). The van der Waals surface area contributed by atoms with Crippen LogP contribution in [0, 0.1) is 0 Å². The lowest BCUT2D eigenvalue weighted by Gasteiger charge is -2.05. The minimum atomic E-state index is -0.0107. The fourth-order valence-corrected chi connectivity index (χ4v) is 1.88. The van der Waals surface area contributed by atoms with Crippen molar-refractivity contribution in [3.05, 3.63) is 23.8 Å². The third-order valence-electron chi connectivity index (χ3n) is 2.90. The third-order valence-corrected chi connectivity index (χ3v) is 2.90. The molecule has 0 unspecified atom stereocenters. The molecule has 2 heteroatoms. The first kappa shape index (κ1) is 12.9. The molecule has 90 valence electrons. The number of hydrogen-bond donors (Lipinski definition) is 2. The predicted octanol–water partition coefficient (Wildman–Crippen LogP) is 4.00. The second kappa shape index (κ2) is 7.15. The summed E-state index contributed by atoms with van der Waals surface area (Å²) in [5, 5.41) is 18.9. The second-order valence-corrected chi connectivity index (χ2v) is 4.30. The molecule has 0 aromatic heterocycles. The maximum atomic E-state index is 9.59. The van der Waals surface area contributed by atoms with Gasteiger partial charge in [-0.1, -0.05) is 51.2 Å². The molecule has 0 saturated heterocycles. The molecule has 0 heterocycles. The van der Waals surface area contributed by atoms with E-state index in [1.165, 1.54) is 38.2 Å². The number of aromatic hydroxyl groups is 2. The molecule has 0 radical (unpaired) electrons. The van der Waals surface area contributed by atoms with Gasteiger partial charge < -0.3 is 10.2 Å². The van der Waals surface area contributed by atoms with Crippen molar-refractivity contribution >= 4 is 0 Å². The van der Waals surface area contributed by atoms with Gasteiger partial charge in [-0.05, 0) is 24.5 Å². The van der Waals surface area contributed by atoms with Gasteiger partial charge in [0.25, 0.3) is 0 Å².